The standard InChI is InChI=1S/C13H24N6O/c1-11(2)7-18-5-3-4-12(8-18)6-14-13(20)9-19-10-15-16-17-19/h10-12H,3-9H2,1-2H3,(H,14,20). The van der Waals surface area contributed by atoms with Crippen molar-refractivity contribution in [2.75, 3.05) is 26.2 Å². The van der Waals surface area contributed by atoms with Crippen molar-refractivity contribution in [2.24, 2.45) is 11.8 Å². The lowest BCUT2D eigenvalue weighted by Crippen LogP contribution is -2.42. The second-order valence-electron chi connectivity index (χ2n) is 5.97. The molecule has 0 spiro atoms. The Balaban J connectivity index is 1.69. The van der Waals surface area contributed by atoms with Crippen LogP contribution in [0, 0.1) is 11.8 Å². The molecule has 0 aromatic carbocycles. The van der Waals surface area contributed by atoms with E-state index < -0.39 is 0 Å². The number of carbonyl (C=O) groups is 1. The maximum Gasteiger partial charge on any atom is 0.241 e. The van der Waals surface area contributed by atoms with Gasteiger partial charge in [-0.1, -0.05) is 13.8 Å². The summed E-state index contributed by atoms with van der Waals surface area (Å²) in [5.74, 6) is 1.22. The van der Waals surface area contributed by atoms with Crippen LogP contribution >= 0.6 is 0 Å². The fourth-order valence-corrected chi connectivity index (χ4v) is 2.71. The molecule has 1 amide bonds. The average Bonchev–Trinajstić information content (AvgIpc) is 2.89. The monoisotopic (exact) mass is 280 g/mol. The Kier molecular flexibility index (Phi) is 5.46. The molecule has 0 saturated carbocycles. The van der Waals surface area contributed by atoms with Gasteiger partial charge in [-0.25, -0.2) is 4.68 Å². The van der Waals surface area contributed by atoms with E-state index in [0.29, 0.717) is 11.8 Å². The molecule has 7 heteroatoms. The molecule has 2 rings (SSSR count). The van der Waals surface area contributed by atoms with E-state index >= 15 is 0 Å². The second kappa shape index (κ2) is 7.33. The van der Waals surface area contributed by atoms with E-state index in [2.05, 4.69) is 39.6 Å². The fourth-order valence-electron chi connectivity index (χ4n) is 2.71. The van der Waals surface area contributed by atoms with Crippen LogP contribution in [0.25, 0.3) is 0 Å². The van der Waals surface area contributed by atoms with Gasteiger partial charge in [0.05, 0.1) is 0 Å². The summed E-state index contributed by atoms with van der Waals surface area (Å²) in [6, 6.07) is 0. The molecule has 1 unspecified atom stereocenters. The zero-order valence-electron chi connectivity index (χ0n) is 12.3. The number of amides is 1. The highest BCUT2D eigenvalue weighted by atomic mass is 16.2. The number of hydrogen-bond acceptors (Lipinski definition) is 5. The summed E-state index contributed by atoms with van der Waals surface area (Å²) in [6.07, 6.45) is 3.87. The third-order valence-corrected chi connectivity index (χ3v) is 3.51. The number of hydrogen-bond donors (Lipinski definition) is 1. The Morgan fingerprint density at radius 1 is 1.50 bits per heavy atom. The van der Waals surface area contributed by atoms with Crippen molar-refractivity contribution in [1.29, 1.82) is 0 Å². The number of likely N-dealkylation sites (tertiary alicyclic amines) is 1. The number of rotatable bonds is 6. The molecular weight excluding hydrogens is 256 g/mol. The van der Waals surface area contributed by atoms with E-state index in [4.69, 9.17) is 0 Å². The molecule has 1 saturated heterocycles. The molecule has 0 radical (unpaired) electrons. The van der Waals surface area contributed by atoms with Gasteiger partial charge in [0.1, 0.15) is 12.9 Å². The minimum atomic E-state index is -0.0294. The predicted molar refractivity (Wildman–Crippen MR) is 74.8 cm³/mol. The summed E-state index contributed by atoms with van der Waals surface area (Å²) in [5, 5.41) is 13.7. The first-order chi connectivity index (χ1) is 9.63. The molecule has 112 valence electrons. The van der Waals surface area contributed by atoms with E-state index in [-0.39, 0.29) is 12.5 Å². The minimum Gasteiger partial charge on any atom is -0.354 e. The highest BCUT2D eigenvalue weighted by Crippen LogP contribution is 2.16. The summed E-state index contributed by atoms with van der Waals surface area (Å²) in [7, 11) is 0. The lowest BCUT2D eigenvalue weighted by Gasteiger charge is -2.33. The first kappa shape index (κ1) is 14.9. The molecule has 1 aliphatic heterocycles. The van der Waals surface area contributed by atoms with Crippen LogP contribution in [-0.4, -0.2) is 57.2 Å². The zero-order valence-corrected chi connectivity index (χ0v) is 12.3. The largest absolute Gasteiger partial charge is 0.354 e. The lowest BCUT2D eigenvalue weighted by molar-refractivity contribution is -0.122. The number of piperidine rings is 1. The first-order valence-electron chi connectivity index (χ1n) is 7.33. The van der Waals surface area contributed by atoms with Crippen LogP contribution in [-0.2, 0) is 11.3 Å². The van der Waals surface area contributed by atoms with Crippen molar-refractivity contribution >= 4 is 5.91 Å². The number of aromatic nitrogens is 4. The summed E-state index contributed by atoms with van der Waals surface area (Å²) < 4.78 is 1.43. The Morgan fingerprint density at radius 2 is 2.35 bits per heavy atom. The third-order valence-electron chi connectivity index (χ3n) is 3.51. The average molecular weight is 280 g/mol. The van der Waals surface area contributed by atoms with Gasteiger partial charge in [-0.05, 0) is 41.6 Å². The number of nitrogens with zero attached hydrogens (tertiary/aromatic N) is 5. The van der Waals surface area contributed by atoms with Gasteiger partial charge in [-0.15, -0.1) is 5.10 Å². The Bertz CT molecular complexity index is 405. The molecule has 0 bridgehead atoms. The minimum absolute atomic E-state index is 0.0294. The quantitative estimate of drug-likeness (QED) is 0.803. The van der Waals surface area contributed by atoms with Gasteiger partial charge in [0.2, 0.25) is 5.91 Å². The lowest BCUT2D eigenvalue weighted by atomic mass is 9.97. The number of carbonyl (C=O) groups excluding carboxylic acids is 1. The number of nitrogens with one attached hydrogen (secondary N) is 1. The van der Waals surface area contributed by atoms with Crippen LogP contribution in [0.2, 0.25) is 0 Å². The smallest absolute Gasteiger partial charge is 0.241 e. The predicted octanol–water partition coefficient (Wildman–Crippen LogP) is 0.157. The highest BCUT2D eigenvalue weighted by Gasteiger charge is 2.20. The molecule has 1 aromatic heterocycles. The zero-order chi connectivity index (χ0) is 14.4. The maximum atomic E-state index is 11.8. The van der Waals surface area contributed by atoms with E-state index in [1.807, 2.05) is 0 Å². The second-order valence-corrected chi connectivity index (χ2v) is 5.97. The van der Waals surface area contributed by atoms with Crippen molar-refractivity contribution in [3.8, 4) is 0 Å². The van der Waals surface area contributed by atoms with E-state index in [1.165, 1.54) is 30.4 Å². The Hall–Kier alpha value is -1.50. The van der Waals surface area contributed by atoms with Crippen LogP contribution < -0.4 is 5.32 Å². The van der Waals surface area contributed by atoms with Gasteiger partial charge in [0.15, 0.2) is 0 Å². The van der Waals surface area contributed by atoms with Crippen LogP contribution in [0.3, 0.4) is 0 Å². The highest BCUT2D eigenvalue weighted by molar-refractivity contribution is 5.75. The van der Waals surface area contributed by atoms with Crippen LogP contribution in [0.15, 0.2) is 6.33 Å². The summed E-state index contributed by atoms with van der Waals surface area (Å²) in [6.45, 7) is 8.85. The van der Waals surface area contributed by atoms with Crippen LogP contribution in [0.1, 0.15) is 26.7 Å². The van der Waals surface area contributed by atoms with Gasteiger partial charge in [0.25, 0.3) is 0 Å². The summed E-state index contributed by atoms with van der Waals surface area (Å²) >= 11 is 0. The Morgan fingerprint density at radius 3 is 3.05 bits per heavy atom. The molecule has 1 fully saturated rings. The molecule has 0 aliphatic carbocycles. The number of tetrazole rings is 1. The first-order valence-corrected chi connectivity index (χ1v) is 7.33. The molecule has 1 aliphatic rings. The topological polar surface area (TPSA) is 75.9 Å². The molecule has 1 aromatic rings. The van der Waals surface area contributed by atoms with Gasteiger partial charge >= 0.3 is 0 Å². The summed E-state index contributed by atoms with van der Waals surface area (Å²) in [4.78, 5) is 14.3. The van der Waals surface area contributed by atoms with Crippen LogP contribution in [0.4, 0.5) is 0 Å². The normalized spacial score (nSPS) is 20.2. The van der Waals surface area contributed by atoms with Crippen molar-refractivity contribution in [3.63, 3.8) is 0 Å². The van der Waals surface area contributed by atoms with Crippen molar-refractivity contribution in [1.82, 2.24) is 30.4 Å². The molecule has 7 nitrogen and oxygen atoms in total. The SMILES string of the molecule is CC(C)CN1CCCC(CNC(=O)Cn2cnnn2)C1. The van der Waals surface area contributed by atoms with Gasteiger partial charge in [-0.3, -0.25) is 4.79 Å². The third kappa shape index (κ3) is 4.88. The van der Waals surface area contributed by atoms with E-state index in [9.17, 15) is 4.79 Å². The maximum absolute atomic E-state index is 11.8. The van der Waals surface area contributed by atoms with Gasteiger partial charge < -0.3 is 10.2 Å². The molecule has 1 atom stereocenters. The van der Waals surface area contributed by atoms with Gasteiger partial charge in [0, 0.05) is 19.6 Å². The summed E-state index contributed by atoms with van der Waals surface area (Å²) in [5.41, 5.74) is 0. The molecular formula is C13H24N6O. The van der Waals surface area contributed by atoms with Crippen molar-refractivity contribution in [3.05, 3.63) is 6.33 Å². The van der Waals surface area contributed by atoms with E-state index in [1.54, 1.807) is 0 Å². The molecule has 1 N–H and O–H groups in total. The van der Waals surface area contributed by atoms with Crippen molar-refractivity contribution in [2.45, 2.75) is 33.2 Å². The Labute approximate surface area is 119 Å². The van der Waals surface area contributed by atoms with Gasteiger partial charge in [-0.2, -0.15) is 0 Å². The fraction of sp³-hybridized carbons (Fsp3) is 0.846. The molecule has 20 heavy (non-hydrogen) atoms. The van der Waals surface area contributed by atoms with E-state index in [0.717, 1.165) is 19.6 Å². The van der Waals surface area contributed by atoms with Crippen LogP contribution in [0.5, 0.6) is 0 Å². The molecule has 2 heterocycles. The van der Waals surface area contributed by atoms with Crippen molar-refractivity contribution < 1.29 is 4.79 Å².